The second-order valence-electron chi connectivity index (χ2n) is 8.04. The van der Waals surface area contributed by atoms with E-state index in [0.717, 1.165) is 5.57 Å². The molecule has 2 fully saturated rings. The van der Waals surface area contributed by atoms with Gasteiger partial charge in [-0.3, -0.25) is 29.0 Å². The third kappa shape index (κ3) is 2.62. The molecule has 2 saturated heterocycles. The highest BCUT2D eigenvalue weighted by Gasteiger charge is 2.53. The van der Waals surface area contributed by atoms with Gasteiger partial charge in [0.1, 0.15) is 0 Å². The van der Waals surface area contributed by atoms with Crippen LogP contribution in [0.2, 0.25) is 0 Å². The molecule has 25 heavy (non-hydrogen) atoms. The molecule has 1 aliphatic carbocycles. The molecule has 0 aromatic heterocycles. The molecule has 3 rings (SSSR count). The van der Waals surface area contributed by atoms with Crippen LogP contribution in [0.3, 0.4) is 0 Å². The second-order valence-corrected chi connectivity index (χ2v) is 8.04. The van der Waals surface area contributed by atoms with Crippen LogP contribution in [0.1, 0.15) is 47.5 Å². The molecule has 4 amide bonds. The summed E-state index contributed by atoms with van der Waals surface area (Å²) in [4.78, 5) is 52.9. The zero-order valence-corrected chi connectivity index (χ0v) is 15.5. The van der Waals surface area contributed by atoms with Crippen LogP contribution in [-0.2, 0) is 19.2 Å². The summed E-state index contributed by atoms with van der Waals surface area (Å²) in [5, 5.41) is 0. The normalized spacial score (nSPS) is 33.0. The lowest BCUT2D eigenvalue weighted by Crippen LogP contribution is -2.38. The van der Waals surface area contributed by atoms with Gasteiger partial charge in [-0.15, -0.1) is 0 Å². The van der Waals surface area contributed by atoms with Crippen LogP contribution >= 0.6 is 0 Å². The Morgan fingerprint density at radius 1 is 0.880 bits per heavy atom. The van der Waals surface area contributed by atoms with Crippen LogP contribution in [0.4, 0.5) is 0 Å². The molecule has 136 valence electrons. The lowest BCUT2D eigenvalue weighted by Gasteiger charge is -2.30. The molecule has 6 heteroatoms. The summed E-state index contributed by atoms with van der Waals surface area (Å²) < 4.78 is 0. The van der Waals surface area contributed by atoms with Gasteiger partial charge in [0.05, 0.1) is 17.8 Å². The molecule has 0 N–H and O–H groups in total. The Balaban J connectivity index is 1.88. The molecular weight excluding hydrogens is 320 g/mol. The van der Waals surface area contributed by atoms with E-state index >= 15 is 0 Å². The number of imide groups is 2. The van der Waals surface area contributed by atoms with Crippen LogP contribution in [0.25, 0.3) is 0 Å². The standard InChI is InChI=1S/C19H26N2O4/c1-9(2)20-15(22)8-13(17(20)23)12-6-11(5)16-14(7-12)18(24)21(10(3)4)19(16)25/h6,9-10,12-14,16H,7-8H2,1-5H3. The van der Waals surface area contributed by atoms with E-state index in [0.29, 0.717) is 6.42 Å². The third-order valence-corrected chi connectivity index (χ3v) is 5.72. The maximum Gasteiger partial charge on any atom is 0.237 e. The predicted molar refractivity (Wildman–Crippen MR) is 90.9 cm³/mol. The van der Waals surface area contributed by atoms with E-state index in [-0.39, 0.29) is 48.1 Å². The summed E-state index contributed by atoms with van der Waals surface area (Å²) >= 11 is 0. The van der Waals surface area contributed by atoms with Gasteiger partial charge < -0.3 is 0 Å². The first-order valence-corrected chi connectivity index (χ1v) is 9.06. The molecule has 0 saturated carbocycles. The van der Waals surface area contributed by atoms with Crippen molar-refractivity contribution in [3.05, 3.63) is 11.6 Å². The molecule has 0 aromatic rings. The van der Waals surface area contributed by atoms with E-state index in [1.165, 1.54) is 9.80 Å². The highest BCUT2D eigenvalue weighted by atomic mass is 16.2. The first kappa shape index (κ1) is 17.8. The summed E-state index contributed by atoms with van der Waals surface area (Å²) in [5.41, 5.74) is 0.853. The average molecular weight is 346 g/mol. The Labute approximate surface area is 148 Å². The minimum Gasteiger partial charge on any atom is -0.280 e. The minimum absolute atomic E-state index is 0.130. The Bertz CT molecular complexity index is 679. The molecule has 0 spiro atoms. The zero-order valence-electron chi connectivity index (χ0n) is 15.5. The topological polar surface area (TPSA) is 74.8 Å². The quantitative estimate of drug-likeness (QED) is 0.576. The molecule has 4 atom stereocenters. The van der Waals surface area contributed by atoms with Gasteiger partial charge in [0, 0.05) is 18.5 Å². The number of carbonyl (C=O) groups is 4. The molecule has 2 heterocycles. The number of allylic oxidation sites excluding steroid dienone is 1. The van der Waals surface area contributed by atoms with E-state index in [1.54, 1.807) is 0 Å². The number of amides is 4. The molecule has 0 aromatic carbocycles. The Hall–Kier alpha value is -1.98. The maximum atomic E-state index is 12.7. The van der Waals surface area contributed by atoms with Crippen molar-refractivity contribution >= 4 is 23.6 Å². The van der Waals surface area contributed by atoms with Crippen LogP contribution in [0.15, 0.2) is 11.6 Å². The van der Waals surface area contributed by atoms with Crippen molar-refractivity contribution < 1.29 is 19.2 Å². The first-order chi connectivity index (χ1) is 11.6. The number of carbonyl (C=O) groups excluding carboxylic acids is 4. The summed E-state index contributed by atoms with van der Waals surface area (Å²) in [6, 6.07) is -0.319. The number of hydrogen-bond donors (Lipinski definition) is 0. The van der Waals surface area contributed by atoms with Gasteiger partial charge in [0.15, 0.2) is 0 Å². The van der Waals surface area contributed by atoms with E-state index in [2.05, 4.69) is 0 Å². The first-order valence-electron chi connectivity index (χ1n) is 9.06. The summed E-state index contributed by atoms with van der Waals surface area (Å²) in [6.45, 7) is 9.19. The predicted octanol–water partition coefficient (Wildman–Crippen LogP) is 1.75. The van der Waals surface area contributed by atoms with E-state index in [4.69, 9.17) is 0 Å². The molecule has 0 radical (unpaired) electrons. The van der Waals surface area contributed by atoms with Crippen LogP contribution < -0.4 is 0 Å². The van der Waals surface area contributed by atoms with Gasteiger partial charge >= 0.3 is 0 Å². The van der Waals surface area contributed by atoms with Crippen molar-refractivity contribution in [1.82, 2.24) is 9.80 Å². The summed E-state index contributed by atoms with van der Waals surface area (Å²) in [6.07, 6.45) is 2.61. The van der Waals surface area contributed by atoms with Gasteiger partial charge in [-0.25, -0.2) is 0 Å². The van der Waals surface area contributed by atoms with E-state index in [1.807, 2.05) is 40.7 Å². The van der Waals surface area contributed by atoms with Crippen molar-refractivity contribution in [3.8, 4) is 0 Å². The molecule has 2 aliphatic heterocycles. The minimum atomic E-state index is -0.415. The Kier molecular flexibility index (Phi) is 4.33. The molecule has 6 nitrogen and oxygen atoms in total. The lowest BCUT2D eigenvalue weighted by molar-refractivity contribution is -0.143. The fourth-order valence-corrected chi connectivity index (χ4v) is 4.65. The highest BCUT2D eigenvalue weighted by molar-refractivity contribution is 6.07. The largest absolute Gasteiger partial charge is 0.280 e. The number of fused-ring (bicyclic) bond motifs is 1. The molecular formula is C19H26N2O4. The van der Waals surface area contributed by atoms with Crippen molar-refractivity contribution in [2.24, 2.45) is 23.7 Å². The van der Waals surface area contributed by atoms with Crippen LogP contribution in [0, 0.1) is 23.7 Å². The van der Waals surface area contributed by atoms with Crippen LogP contribution in [0.5, 0.6) is 0 Å². The van der Waals surface area contributed by atoms with Crippen molar-refractivity contribution in [2.45, 2.75) is 59.5 Å². The number of nitrogens with zero attached hydrogens (tertiary/aromatic N) is 2. The van der Waals surface area contributed by atoms with Gasteiger partial charge in [0.25, 0.3) is 0 Å². The molecule has 4 unspecified atom stereocenters. The highest BCUT2D eigenvalue weighted by Crippen LogP contribution is 2.45. The fraction of sp³-hybridized carbons (Fsp3) is 0.684. The Morgan fingerprint density at radius 2 is 1.44 bits per heavy atom. The summed E-state index contributed by atoms with van der Waals surface area (Å²) in [5.74, 6) is -1.94. The monoisotopic (exact) mass is 346 g/mol. The van der Waals surface area contributed by atoms with Gasteiger partial charge in [0.2, 0.25) is 23.6 Å². The van der Waals surface area contributed by atoms with Gasteiger partial charge in [-0.05, 0) is 47.0 Å². The average Bonchev–Trinajstić information content (AvgIpc) is 2.93. The fourth-order valence-electron chi connectivity index (χ4n) is 4.65. The van der Waals surface area contributed by atoms with E-state index in [9.17, 15) is 19.2 Å². The van der Waals surface area contributed by atoms with Gasteiger partial charge in [-0.1, -0.05) is 11.6 Å². The third-order valence-electron chi connectivity index (χ3n) is 5.72. The zero-order chi connectivity index (χ0) is 18.6. The second kappa shape index (κ2) is 6.07. The summed E-state index contributed by atoms with van der Waals surface area (Å²) in [7, 11) is 0. The lowest BCUT2D eigenvalue weighted by atomic mass is 9.71. The number of likely N-dealkylation sites (tertiary alicyclic amines) is 2. The van der Waals surface area contributed by atoms with Crippen LogP contribution in [-0.4, -0.2) is 45.5 Å². The molecule has 3 aliphatic rings. The van der Waals surface area contributed by atoms with Gasteiger partial charge in [-0.2, -0.15) is 0 Å². The van der Waals surface area contributed by atoms with E-state index < -0.39 is 17.8 Å². The van der Waals surface area contributed by atoms with Crippen molar-refractivity contribution in [3.63, 3.8) is 0 Å². The van der Waals surface area contributed by atoms with Crippen molar-refractivity contribution in [2.75, 3.05) is 0 Å². The SMILES string of the molecule is CC1=CC(C2CC(=O)N(C(C)C)C2=O)CC2C(=O)N(C(C)C)C(=O)C12. The smallest absolute Gasteiger partial charge is 0.237 e. The maximum absolute atomic E-state index is 12.7. The number of rotatable bonds is 3. The molecule has 0 bridgehead atoms. The van der Waals surface area contributed by atoms with Crippen molar-refractivity contribution in [1.29, 1.82) is 0 Å². The Morgan fingerprint density at radius 3 is 1.96 bits per heavy atom. The number of hydrogen-bond acceptors (Lipinski definition) is 4.